The number of allylic oxidation sites excluding steroid dienone is 1. The maximum absolute atomic E-state index is 13.0. The normalized spacial score (nSPS) is 9.84. The van der Waals surface area contributed by atoms with Crippen molar-refractivity contribution >= 4 is 17.6 Å². The Labute approximate surface area is 151 Å². The van der Waals surface area contributed by atoms with Crippen LogP contribution in [0.15, 0.2) is 54.6 Å². The Kier molecular flexibility index (Phi) is 8.60. The Balaban J connectivity index is 0. The van der Waals surface area contributed by atoms with E-state index in [2.05, 4.69) is 5.92 Å². The fraction of sp³-hybridized carbons (Fsp3) is 0.182. The Morgan fingerprint density at radius 3 is 2.40 bits per heavy atom. The third-order valence-electron chi connectivity index (χ3n) is 3.35. The number of benzene rings is 2. The molecule has 1 radical (unpaired) electrons. The van der Waals surface area contributed by atoms with E-state index in [-0.39, 0.29) is 20.2 Å². The molecule has 0 aliphatic carbocycles. The number of halogens is 1. The maximum Gasteiger partial charge on any atom is 0.209 e. The molecule has 2 aromatic carbocycles. The molecule has 0 N–H and O–H groups in total. The van der Waals surface area contributed by atoms with Crippen molar-refractivity contribution in [2.45, 2.75) is 26.7 Å². The highest BCUT2D eigenvalue weighted by Gasteiger charge is 1.98. The monoisotopic (exact) mass is 339 g/mol. The maximum atomic E-state index is 13.0. The third-order valence-corrected chi connectivity index (χ3v) is 3.35. The second kappa shape index (κ2) is 10.7. The van der Waals surface area contributed by atoms with Gasteiger partial charge in [0, 0.05) is 21.3 Å². The van der Waals surface area contributed by atoms with Gasteiger partial charge in [0.05, 0.1) is 0 Å². The summed E-state index contributed by atoms with van der Waals surface area (Å²) in [6.07, 6.45) is 8.65. The van der Waals surface area contributed by atoms with Crippen LogP contribution in [0.2, 0.25) is 0 Å². The molecule has 0 spiro atoms. The first-order chi connectivity index (χ1) is 12.0. The van der Waals surface area contributed by atoms with Crippen LogP contribution in [-0.2, 0) is 16.0 Å². The summed E-state index contributed by atoms with van der Waals surface area (Å²) in [4.78, 5) is 21.7. The third kappa shape index (κ3) is 7.90. The van der Waals surface area contributed by atoms with Crippen molar-refractivity contribution < 1.29 is 16.8 Å². The van der Waals surface area contributed by atoms with Crippen molar-refractivity contribution in [1.29, 1.82) is 0 Å². The van der Waals surface area contributed by atoms with E-state index in [1.54, 1.807) is 25.1 Å². The summed E-state index contributed by atoms with van der Waals surface area (Å²) in [5.74, 6) is 1.62. The van der Waals surface area contributed by atoms with E-state index in [1.807, 2.05) is 31.2 Å². The molecule has 2 rings (SSSR count). The minimum Gasteiger partial charge on any atom is -0.295 e. The summed E-state index contributed by atoms with van der Waals surface area (Å²) in [7, 11) is 0. The van der Waals surface area contributed by atoms with Crippen LogP contribution in [0.4, 0.5) is 4.39 Å². The predicted octanol–water partition coefficient (Wildman–Crippen LogP) is 4.92. The van der Waals surface area contributed by atoms with Gasteiger partial charge in [-0.2, -0.15) is 0 Å². The van der Waals surface area contributed by atoms with Crippen molar-refractivity contribution in [1.82, 2.24) is 0 Å². The summed E-state index contributed by atoms with van der Waals surface area (Å²) in [5.41, 5.74) is 2.61. The Hall–Kier alpha value is -2.99. The standard InChI is InChI=1S/C11H11FO.C11H10O.H2.H/c1-2-10(13)8-7-9-5-3-4-6-11(9)12;1-3-11(12)8-10-6-4-9(2)5-7-10;;/h3-8H,2H2,1H3;1,4-7H,8H2,2H3;1H;/b8-7+;;;. The second-order valence-corrected chi connectivity index (χ2v) is 5.40. The van der Waals surface area contributed by atoms with Crippen LogP contribution in [-0.4, -0.2) is 11.6 Å². The molecule has 2 aromatic rings. The van der Waals surface area contributed by atoms with E-state index in [0.29, 0.717) is 18.4 Å². The molecule has 0 heterocycles. The highest BCUT2D eigenvalue weighted by molar-refractivity contribution is 5.96. The van der Waals surface area contributed by atoms with Gasteiger partial charge in [0.25, 0.3) is 0 Å². The van der Waals surface area contributed by atoms with E-state index in [9.17, 15) is 14.0 Å². The molecule has 0 saturated carbocycles. The summed E-state index contributed by atoms with van der Waals surface area (Å²) in [6.45, 7) is 3.78. The van der Waals surface area contributed by atoms with Crippen LogP contribution in [0.3, 0.4) is 0 Å². The fourth-order valence-electron chi connectivity index (χ4n) is 1.85. The highest BCUT2D eigenvalue weighted by Crippen LogP contribution is 2.08. The minimum absolute atomic E-state index is 0. The quantitative estimate of drug-likeness (QED) is 0.440. The molecule has 131 valence electrons. The SMILES string of the molecule is C#CC(=O)Cc1ccc(C)cc1.CCC(=O)/C=C/c1ccccc1F.[HH].[H]. The molecule has 25 heavy (non-hydrogen) atoms. The lowest BCUT2D eigenvalue weighted by molar-refractivity contribution is -0.114. The molecule has 0 bridgehead atoms. The van der Waals surface area contributed by atoms with Crippen molar-refractivity contribution in [2.75, 3.05) is 0 Å². The van der Waals surface area contributed by atoms with E-state index >= 15 is 0 Å². The minimum atomic E-state index is -0.303. The molecule has 0 aliphatic heterocycles. The van der Waals surface area contributed by atoms with Crippen LogP contribution in [0.1, 0.15) is 32.9 Å². The molecule has 0 saturated heterocycles. The first-order valence-electron chi connectivity index (χ1n) is 7.96. The molecule has 2 nitrogen and oxygen atoms in total. The number of hydrogen-bond donors (Lipinski definition) is 0. The smallest absolute Gasteiger partial charge is 0.209 e. The first kappa shape index (κ1) is 20.1. The van der Waals surface area contributed by atoms with E-state index in [0.717, 1.165) is 5.56 Å². The van der Waals surface area contributed by atoms with E-state index in [1.165, 1.54) is 23.8 Å². The van der Waals surface area contributed by atoms with Crippen molar-refractivity contribution in [3.05, 3.63) is 77.1 Å². The van der Waals surface area contributed by atoms with Gasteiger partial charge >= 0.3 is 0 Å². The van der Waals surface area contributed by atoms with Crippen molar-refractivity contribution in [3.8, 4) is 12.3 Å². The Morgan fingerprint density at radius 1 is 1.20 bits per heavy atom. The van der Waals surface area contributed by atoms with Gasteiger partial charge in [-0.15, -0.1) is 6.42 Å². The summed E-state index contributed by atoms with van der Waals surface area (Å²) in [5, 5.41) is 0. The molecule has 0 amide bonds. The number of carbonyl (C=O) groups excluding carboxylic acids is 2. The number of ketones is 2. The molecule has 0 unspecified atom stereocenters. The number of hydrogen-bond acceptors (Lipinski definition) is 2. The first-order valence-corrected chi connectivity index (χ1v) is 7.96. The number of aryl methyl sites for hydroxylation is 1. The molecule has 0 fully saturated rings. The lowest BCUT2D eigenvalue weighted by Gasteiger charge is -1.96. The van der Waals surface area contributed by atoms with Gasteiger partial charge in [0.15, 0.2) is 5.78 Å². The van der Waals surface area contributed by atoms with E-state index in [4.69, 9.17) is 6.42 Å². The largest absolute Gasteiger partial charge is 0.295 e. The number of rotatable bonds is 5. The second-order valence-electron chi connectivity index (χ2n) is 5.40. The van der Waals surface area contributed by atoms with Gasteiger partial charge in [0.1, 0.15) is 5.82 Å². The predicted molar refractivity (Wildman–Crippen MR) is 103 cm³/mol. The van der Waals surface area contributed by atoms with Gasteiger partial charge in [-0.1, -0.05) is 55.0 Å². The highest BCUT2D eigenvalue weighted by atomic mass is 19.1. The fourth-order valence-corrected chi connectivity index (χ4v) is 1.85. The van der Waals surface area contributed by atoms with Crippen LogP contribution >= 0.6 is 0 Å². The van der Waals surface area contributed by atoms with Crippen LogP contribution in [0.25, 0.3) is 6.08 Å². The molecule has 3 heteroatoms. The number of carbonyl (C=O) groups is 2. The Bertz CT molecular complexity index is 791. The summed E-state index contributed by atoms with van der Waals surface area (Å²) in [6, 6.07) is 14.1. The topological polar surface area (TPSA) is 34.1 Å². The van der Waals surface area contributed by atoms with Crippen LogP contribution in [0.5, 0.6) is 0 Å². The van der Waals surface area contributed by atoms with Crippen LogP contribution < -0.4 is 0 Å². The number of Topliss-reactive ketones (excluding diaryl/α,β-unsaturated/α-hetero) is 1. The zero-order valence-corrected chi connectivity index (χ0v) is 14.5. The average Bonchev–Trinajstić information content (AvgIpc) is 2.63. The van der Waals surface area contributed by atoms with Crippen molar-refractivity contribution in [3.63, 3.8) is 0 Å². The number of terminal acetylenes is 1. The van der Waals surface area contributed by atoms with Gasteiger partial charge in [-0.25, -0.2) is 4.39 Å². The van der Waals surface area contributed by atoms with Gasteiger partial charge in [-0.05, 0) is 36.6 Å². The zero-order valence-electron chi connectivity index (χ0n) is 15.5. The van der Waals surface area contributed by atoms with Gasteiger partial charge in [0.2, 0.25) is 5.78 Å². The molecule has 0 aromatic heterocycles. The average molecular weight is 339 g/mol. The molecular weight excluding hydrogens is 315 g/mol. The molecule has 0 atom stereocenters. The van der Waals surface area contributed by atoms with Gasteiger partial charge < -0.3 is 0 Å². The summed E-state index contributed by atoms with van der Waals surface area (Å²) >= 11 is 0. The molecular formula is C22H24FO2. The summed E-state index contributed by atoms with van der Waals surface area (Å²) < 4.78 is 13.0. The molecule has 0 aliphatic rings. The lowest BCUT2D eigenvalue weighted by Crippen LogP contribution is -1.97. The Morgan fingerprint density at radius 2 is 1.84 bits per heavy atom. The van der Waals surface area contributed by atoms with Gasteiger partial charge in [-0.3, -0.25) is 9.59 Å². The van der Waals surface area contributed by atoms with E-state index < -0.39 is 0 Å². The lowest BCUT2D eigenvalue weighted by atomic mass is 10.1. The zero-order chi connectivity index (χ0) is 18.7. The van der Waals surface area contributed by atoms with Crippen LogP contribution in [0, 0.1) is 25.1 Å². The van der Waals surface area contributed by atoms with Crippen molar-refractivity contribution in [2.24, 2.45) is 0 Å².